The fourth-order valence-corrected chi connectivity index (χ4v) is 11.9. The monoisotopic (exact) mass is 1150 g/mol. The maximum atomic E-state index is 15.0. The summed E-state index contributed by atoms with van der Waals surface area (Å²) >= 11 is 0. The number of methoxy groups -OCH3 is 1. The van der Waals surface area contributed by atoms with Crippen molar-refractivity contribution in [2.45, 2.75) is 249 Å². The Morgan fingerprint density at radius 2 is 1.23 bits per heavy atom. The number of carbonyl (C=O) groups is 3. The van der Waals surface area contributed by atoms with Crippen LogP contribution >= 0.6 is 0 Å². The zero-order valence-corrected chi connectivity index (χ0v) is 47.6. The van der Waals surface area contributed by atoms with Crippen molar-refractivity contribution in [3.05, 3.63) is 41.0 Å². The third-order valence-corrected chi connectivity index (χ3v) is 16.9. The van der Waals surface area contributed by atoms with Gasteiger partial charge in [-0.25, -0.2) is 4.79 Å². The molecule has 5 fully saturated rings. The maximum Gasteiger partial charge on any atom is 0.330 e. The van der Waals surface area contributed by atoms with Crippen LogP contribution in [0.2, 0.25) is 0 Å². The number of hydrogen-bond donors (Lipinski definition) is 9. The Morgan fingerprint density at radius 1 is 0.716 bits per heavy atom. The molecule has 5 aliphatic heterocycles. The molecule has 25 unspecified atom stereocenters. The number of aliphatic hydroxyl groups excluding tert-OH is 6. The van der Waals surface area contributed by atoms with E-state index in [1.165, 1.54) is 59.1 Å². The van der Waals surface area contributed by atoms with Crippen molar-refractivity contribution < 1.29 is 117 Å². The molecule has 0 radical (unpaired) electrons. The van der Waals surface area contributed by atoms with Gasteiger partial charge in [0.2, 0.25) is 6.29 Å². The Morgan fingerprint density at radius 3 is 1.81 bits per heavy atom. The first-order valence-electron chi connectivity index (χ1n) is 27.9. The lowest BCUT2D eigenvalue weighted by Crippen LogP contribution is -2.58. The van der Waals surface area contributed by atoms with Crippen LogP contribution < -0.4 is 4.74 Å². The topological polar surface area (TPSA) is 344 Å². The second-order valence-electron chi connectivity index (χ2n) is 23.0. The fourth-order valence-electron chi connectivity index (χ4n) is 11.9. The number of phenols is 2. The fraction of sp³-hybridized carbons (Fsp3) is 0.737. The van der Waals surface area contributed by atoms with Gasteiger partial charge in [-0.15, -0.1) is 0 Å². The van der Waals surface area contributed by atoms with Gasteiger partial charge in [-0.2, -0.15) is 0 Å². The molecule has 24 heteroatoms. The molecule has 0 spiro atoms. The van der Waals surface area contributed by atoms with E-state index < -0.39 is 182 Å². The van der Waals surface area contributed by atoms with Crippen molar-refractivity contribution >= 4 is 28.3 Å². The van der Waals surface area contributed by atoms with Crippen LogP contribution in [-0.2, 0) is 68.1 Å². The summed E-state index contributed by atoms with van der Waals surface area (Å²) < 4.78 is 73.1. The molecule has 0 bridgehead atoms. The Hall–Kier alpha value is -4.03. The van der Waals surface area contributed by atoms with Gasteiger partial charge in [-0.3, -0.25) is 9.59 Å². The summed E-state index contributed by atoms with van der Waals surface area (Å²) in [4.78, 5) is 41.7. The van der Waals surface area contributed by atoms with Crippen LogP contribution in [0.4, 0.5) is 0 Å². The molecule has 5 heterocycles. The van der Waals surface area contributed by atoms with Gasteiger partial charge in [0.1, 0.15) is 66.1 Å². The Kier molecular flexibility index (Phi) is 20.0. The van der Waals surface area contributed by atoms with Crippen molar-refractivity contribution in [3.63, 3.8) is 0 Å². The first-order valence-corrected chi connectivity index (χ1v) is 27.9. The second kappa shape index (κ2) is 25.7. The third kappa shape index (κ3) is 13.4. The number of esters is 1. The van der Waals surface area contributed by atoms with Crippen LogP contribution in [0.1, 0.15) is 116 Å². The molecule has 5 saturated heterocycles. The summed E-state index contributed by atoms with van der Waals surface area (Å²) in [5.74, 6) is -5.79. The summed E-state index contributed by atoms with van der Waals surface area (Å²) in [5, 5.41) is 101. The molecular weight excluding hydrogens is 1070 g/mol. The number of carbonyl (C=O) groups excluding carboxylic acids is 3. The van der Waals surface area contributed by atoms with Crippen molar-refractivity contribution in [1.29, 1.82) is 0 Å². The van der Waals surface area contributed by atoms with E-state index in [0.717, 1.165) is 0 Å². The average molecular weight is 1150 g/mol. The number of rotatable bonds is 17. The van der Waals surface area contributed by atoms with Crippen LogP contribution in [0.25, 0.3) is 10.8 Å². The van der Waals surface area contributed by atoms with E-state index >= 15 is 4.79 Å². The largest absolute Gasteiger partial charge is 0.507 e. The van der Waals surface area contributed by atoms with Crippen molar-refractivity contribution in [1.82, 2.24) is 0 Å². The molecule has 6 aliphatic rings. The van der Waals surface area contributed by atoms with Crippen LogP contribution in [0.3, 0.4) is 0 Å². The van der Waals surface area contributed by atoms with Crippen molar-refractivity contribution in [2.75, 3.05) is 7.11 Å². The number of phenolic OH excluding ortho intramolecular Hbond substituents is 2. The minimum Gasteiger partial charge on any atom is -0.507 e. The van der Waals surface area contributed by atoms with Gasteiger partial charge in [-0.1, -0.05) is 13.0 Å². The summed E-state index contributed by atoms with van der Waals surface area (Å²) in [6, 6.07) is 3.02. The molecule has 8 rings (SSSR count). The van der Waals surface area contributed by atoms with E-state index in [2.05, 4.69) is 0 Å². The normalized spacial score (nSPS) is 40.6. The Bertz CT molecular complexity index is 2570. The van der Waals surface area contributed by atoms with E-state index in [9.17, 15) is 55.5 Å². The number of hydrogen-bond acceptors (Lipinski definition) is 24. The van der Waals surface area contributed by atoms with E-state index in [4.69, 9.17) is 56.8 Å². The minimum atomic E-state index is -1.78. The van der Waals surface area contributed by atoms with E-state index in [1.54, 1.807) is 41.5 Å². The minimum absolute atomic E-state index is 0.0378. The SMILES string of the molecule is CC=CC(=O)OC1CC(OC2CC(Oc3cc4cc5c(c(O)c4c(O)c3C)C(=O)C(OC3CC(OC4CC(OC6CC(C)(O)C(O)C(C)O6)C(OC)C(C)O4)C(O)C(C)O3)C(C(=O)C(O)C(C)C(C)O)C5)OC(C)C2O)OC(C)C1O. The molecule has 0 amide bonds. The molecule has 25 atom stereocenters. The number of aliphatic hydroxyl groups is 7. The highest BCUT2D eigenvalue weighted by molar-refractivity contribution is 6.12. The molecule has 24 nitrogen and oxygen atoms in total. The molecule has 1 aliphatic carbocycles. The molecule has 2 aromatic rings. The highest BCUT2D eigenvalue weighted by Gasteiger charge is 2.51. The van der Waals surface area contributed by atoms with E-state index in [-0.39, 0.29) is 71.7 Å². The number of allylic oxidation sites excluding steroid dienone is 1. The molecular formula is C57H82O24. The number of ketones is 2. The van der Waals surface area contributed by atoms with Crippen LogP contribution in [-0.4, -0.2) is 211 Å². The summed E-state index contributed by atoms with van der Waals surface area (Å²) in [6.45, 7) is 15.7. The maximum absolute atomic E-state index is 15.0. The van der Waals surface area contributed by atoms with Crippen LogP contribution in [0.15, 0.2) is 24.3 Å². The molecule has 81 heavy (non-hydrogen) atoms. The quantitative estimate of drug-likeness (QED) is 0.0809. The predicted molar refractivity (Wildman–Crippen MR) is 280 cm³/mol. The van der Waals surface area contributed by atoms with E-state index in [0.29, 0.717) is 0 Å². The first kappa shape index (κ1) is 63.0. The third-order valence-electron chi connectivity index (χ3n) is 16.9. The first-order chi connectivity index (χ1) is 38.1. The highest BCUT2D eigenvalue weighted by atomic mass is 16.7. The van der Waals surface area contributed by atoms with E-state index in [1.807, 2.05) is 0 Å². The van der Waals surface area contributed by atoms with Crippen LogP contribution in [0.5, 0.6) is 17.2 Å². The van der Waals surface area contributed by atoms with Gasteiger partial charge >= 0.3 is 5.97 Å². The lowest BCUT2D eigenvalue weighted by molar-refractivity contribution is -0.335. The van der Waals surface area contributed by atoms with Crippen molar-refractivity contribution in [2.24, 2.45) is 11.8 Å². The van der Waals surface area contributed by atoms with Gasteiger partial charge in [0.25, 0.3) is 0 Å². The second-order valence-corrected chi connectivity index (χ2v) is 23.0. The average Bonchev–Trinajstić information content (AvgIpc) is 2.77. The van der Waals surface area contributed by atoms with Gasteiger partial charge < -0.3 is 103 Å². The lowest BCUT2D eigenvalue weighted by atomic mass is 9.74. The molecule has 9 N–H and O–H groups in total. The molecule has 454 valence electrons. The predicted octanol–water partition coefficient (Wildman–Crippen LogP) is 2.15. The summed E-state index contributed by atoms with van der Waals surface area (Å²) in [6.07, 6.45) is -20.8. The number of fused-ring (bicyclic) bond motifs is 2. The zero-order valence-electron chi connectivity index (χ0n) is 47.6. The molecule has 0 saturated carbocycles. The number of benzene rings is 2. The lowest BCUT2D eigenvalue weighted by Gasteiger charge is -2.46. The standard InChI is InChI=1S/C57H82O24/c1-12-13-38(59)76-34-17-40(72-25(5)48(34)62)78-35-18-39(71-26(6)49(35)63)77-33-16-31-14-30-15-32(51(65)47(61)22(2)24(4)58)55(53(67)45(30)52(66)44(31)46(60)23(33)3)81-42-19-36(50(64)27(7)73-42)79-41-20-37(54(70-11)28(8)74-41)80-43-21-57(10,69)56(68)29(9)75-43/h12-14,16,22,24-29,32,34-37,39-43,47-50,54-56,58,60-64,66,68-69H,15,17-21H2,1-11H3. The van der Waals surface area contributed by atoms with Crippen LogP contribution in [0, 0.1) is 18.8 Å². The van der Waals surface area contributed by atoms with Crippen molar-refractivity contribution in [3.8, 4) is 17.2 Å². The van der Waals surface area contributed by atoms with Gasteiger partial charge in [-0.05, 0) is 91.8 Å². The van der Waals surface area contributed by atoms with Gasteiger partial charge in [0.05, 0.1) is 77.4 Å². The summed E-state index contributed by atoms with van der Waals surface area (Å²) in [7, 11) is 1.49. The van der Waals surface area contributed by atoms with Gasteiger partial charge in [0.15, 0.2) is 36.7 Å². The molecule has 0 aromatic heterocycles. The Labute approximate surface area is 470 Å². The smallest absolute Gasteiger partial charge is 0.330 e. The number of Topliss-reactive ketones (excluding diaryl/α,β-unsaturated/α-hetero) is 2. The van der Waals surface area contributed by atoms with Gasteiger partial charge in [0, 0.05) is 56.8 Å². The number of ether oxygens (including phenoxy) is 12. The molecule has 2 aromatic carbocycles. The highest BCUT2D eigenvalue weighted by Crippen LogP contribution is 2.47. The Balaban J connectivity index is 1.02. The summed E-state index contributed by atoms with van der Waals surface area (Å²) in [5.41, 5.74) is -1.48. The number of aromatic hydroxyl groups is 2. The zero-order chi connectivity index (χ0) is 59.3.